The number of oxime groups is 1. The van der Waals surface area contributed by atoms with Gasteiger partial charge in [-0.05, 0) is 67.0 Å². The van der Waals surface area contributed by atoms with Crippen LogP contribution in [0.5, 0.6) is 11.8 Å². The summed E-state index contributed by atoms with van der Waals surface area (Å²) in [6.45, 7) is 6.25. The van der Waals surface area contributed by atoms with Crippen LogP contribution in [0.25, 0.3) is 0 Å². The fourth-order valence-corrected chi connectivity index (χ4v) is 3.14. The lowest BCUT2D eigenvalue weighted by Crippen LogP contribution is -2.35. The van der Waals surface area contributed by atoms with Crippen LogP contribution in [-0.2, 0) is 16.0 Å². The van der Waals surface area contributed by atoms with Crippen LogP contribution in [0.1, 0.15) is 44.2 Å². The van der Waals surface area contributed by atoms with Gasteiger partial charge in [0.2, 0.25) is 0 Å². The summed E-state index contributed by atoms with van der Waals surface area (Å²) < 4.78 is 10.9. The first-order valence-corrected chi connectivity index (χ1v) is 10.8. The normalized spacial score (nSPS) is 14.8. The van der Waals surface area contributed by atoms with Crippen LogP contribution >= 0.6 is 0 Å². The zero-order valence-corrected chi connectivity index (χ0v) is 18.2. The Kier molecular flexibility index (Phi) is 8.78. The molecule has 2 heterocycles. The van der Waals surface area contributed by atoms with Crippen LogP contribution in [0, 0.1) is 5.92 Å². The number of benzene rings is 1. The molecule has 1 N–H and O–H groups in total. The van der Waals surface area contributed by atoms with Crippen molar-refractivity contribution in [1.82, 2.24) is 15.3 Å². The largest absolute Gasteiger partial charge is 0.484 e. The monoisotopic (exact) mass is 426 g/mol. The van der Waals surface area contributed by atoms with Crippen molar-refractivity contribution in [3.63, 3.8) is 0 Å². The van der Waals surface area contributed by atoms with Crippen molar-refractivity contribution in [3.05, 3.63) is 47.8 Å². The molecular weight excluding hydrogens is 396 g/mol. The average molecular weight is 427 g/mol. The molecule has 0 aliphatic carbocycles. The fourth-order valence-electron chi connectivity index (χ4n) is 3.14. The van der Waals surface area contributed by atoms with E-state index in [4.69, 9.17) is 14.3 Å². The third-order valence-corrected chi connectivity index (χ3v) is 5.15. The SMILES string of the molecule is CC/C(=N/Oc1ncc(CC)cn1)c1ccc(OCC(=O)NCC2CCOCC2)cc1. The second kappa shape index (κ2) is 12.0. The van der Waals surface area contributed by atoms with Crippen molar-refractivity contribution in [2.75, 3.05) is 26.4 Å². The van der Waals surface area contributed by atoms with E-state index in [1.54, 1.807) is 12.4 Å². The number of amides is 1. The number of hydrogen-bond donors (Lipinski definition) is 1. The van der Waals surface area contributed by atoms with Crippen LogP contribution < -0.4 is 14.9 Å². The van der Waals surface area contributed by atoms with Gasteiger partial charge in [0.25, 0.3) is 5.91 Å². The van der Waals surface area contributed by atoms with Gasteiger partial charge in [-0.2, -0.15) is 0 Å². The Balaban J connectivity index is 1.47. The topological polar surface area (TPSA) is 94.9 Å². The van der Waals surface area contributed by atoms with Crippen molar-refractivity contribution < 1.29 is 19.1 Å². The maximum absolute atomic E-state index is 12.0. The number of aromatic nitrogens is 2. The molecule has 1 aliphatic heterocycles. The van der Waals surface area contributed by atoms with Crippen molar-refractivity contribution in [3.8, 4) is 11.8 Å². The lowest BCUT2D eigenvalue weighted by atomic mass is 10.0. The summed E-state index contributed by atoms with van der Waals surface area (Å²) in [5.74, 6) is 0.995. The molecule has 1 aliphatic rings. The molecule has 3 rings (SSSR count). The molecule has 0 radical (unpaired) electrons. The number of carbonyl (C=O) groups is 1. The van der Waals surface area contributed by atoms with Crippen molar-refractivity contribution in [2.24, 2.45) is 11.1 Å². The van der Waals surface area contributed by atoms with E-state index < -0.39 is 0 Å². The molecule has 8 heteroatoms. The van der Waals surface area contributed by atoms with Gasteiger partial charge in [-0.25, -0.2) is 9.97 Å². The maximum atomic E-state index is 12.0. The Morgan fingerprint density at radius 2 is 1.87 bits per heavy atom. The van der Waals surface area contributed by atoms with Crippen LogP contribution in [0.3, 0.4) is 0 Å². The van der Waals surface area contributed by atoms with E-state index in [9.17, 15) is 4.79 Å². The first-order valence-electron chi connectivity index (χ1n) is 10.8. The van der Waals surface area contributed by atoms with Crippen LogP contribution in [0.2, 0.25) is 0 Å². The van der Waals surface area contributed by atoms with Gasteiger partial charge < -0.3 is 19.6 Å². The summed E-state index contributed by atoms with van der Waals surface area (Å²) >= 11 is 0. The van der Waals surface area contributed by atoms with Gasteiger partial charge in [0.1, 0.15) is 5.75 Å². The van der Waals surface area contributed by atoms with Crippen molar-refractivity contribution in [2.45, 2.75) is 39.5 Å². The second-order valence-corrected chi connectivity index (χ2v) is 7.38. The lowest BCUT2D eigenvalue weighted by molar-refractivity contribution is -0.123. The minimum atomic E-state index is -0.117. The summed E-state index contributed by atoms with van der Waals surface area (Å²) in [5.41, 5.74) is 2.72. The second-order valence-electron chi connectivity index (χ2n) is 7.38. The molecular formula is C23H30N4O4. The van der Waals surface area contributed by atoms with E-state index in [0.717, 1.165) is 49.3 Å². The smallest absolute Gasteiger partial charge is 0.345 e. The minimum absolute atomic E-state index is 0.00844. The maximum Gasteiger partial charge on any atom is 0.345 e. The third kappa shape index (κ3) is 7.32. The van der Waals surface area contributed by atoms with Crippen LogP contribution in [0.15, 0.2) is 41.8 Å². The van der Waals surface area contributed by atoms with Crippen LogP contribution in [0.4, 0.5) is 0 Å². The Labute approximate surface area is 183 Å². The number of aryl methyl sites for hydroxylation is 1. The van der Waals surface area contributed by atoms with E-state index in [2.05, 4.69) is 20.4 Å². The Hall–Kier alpha value is -3.00. The molecule has 1 amide bonds. The summed E-state index contributed by atoms with van der Waals surface area (Å²) in [6.07, 6.45) is 7.00. The van der Waals surface area contributed by atoms with Gasteiger partial charge in [0.15, 0.2) is 6.61 Å². The Bertz CT molecular complexity index is 847. The summed E-state index contributed by atoms with van der Waals surface area (Å²) in [7, 11) is 0. The summed E-state index contributed by atoms with van der Waals surface area (Å²) in [6, 6.07) is 7.64. The number of hydrogen-bond acceptors (Lipinski definition) is 7. The van der Waals surface area contributed by atoms with E-state index in [-0.39, 0.29) is 18.5 Å². The van der Waals surface area contributed by atoms with Gasteiger partial charge in [0, 0.05) is 32.2 Å². The van der Waals surface area contributed by atoms with E-state index in [1.165, 1.54) is 0 Å². The summed E-state index contributed by atoms with van der Waals surface area (Å²) in [5, 5.41) is 7.12. The number of nitrogens with zero attached hydrogens (tertiary/aromatic N) is 3. The number of carbonyl (C=O) groups excluding carboxylic acids is 1. The van der Waals surface area contributed by atoms with E-state index >= 15 is 0 Å². The third-order valence-electron chi connectivity index (χ3n) is 5.15. The Morgan fingerprint density at radius 1 is 1.16 bits per heavy atom. The minimum Gasteiger partial charge on any atom is -0.484 e. The molecule has 1 saturated heterocycles. The highest BCUT2D eigenvalue weighted by Crippen LogP contribution is 2.15. The van der Waals surface area contributed by atoms with Gasteiger partial charge >= 0.3 is 6.01 Å². The Morgan fingerprint density at radius 3 is 2.52 bits per heavy atom. The number of ether oxygens (including phenoxy) is 2. The molecule has 1 aromatic carbocycles. The van der Waals surface area contributed by atoms with E-state index in [1.807, 2.05) is 38.1 Å². The van der Waals surface area contributed by atoms with Gasteiger partial charge in [0.05, 0.1) is 5.71 Å². The first-order chi connectivity index (χ1) is 15.2. The summed E-state index contributed by atoms with van der Waals surface area (Å²) in [4.78, 5) is 25.7. The quantitative estimate of drug-likeness (QED) is 0.463. The highest BCUT2D eigenvalue weighted by atomic mass is 16.6. The number of rotatable bonds is 10. The molecule has 0 unspecified atom stereocenters. The zero-order chi connectivity index (χ0) is 21.9. The fraction of sp³-hybridized carbons (Fsp3) is 0.478. The predicted molar refractivity (Wildman–Crippen MR) is 117 cm³/mol. The molecule has 0 bridgehead atoms. The van der Waals surface area contributed by atoms with E-state index in [0.29, 0.717) is 24.6 Å². The van der Waals surface area contributed by atoms with Crippen LogP contribution in [-0.4, -0.2) is 48.0 Å². The predicted octanol–water partition coefficient (Wildman–Crippen LogP) is 3.15. The van der Waals surface area contributed by atoms with Crippen molar-refractivity contribution in [1.29, 1.82) is 0 Å². The van der Waals surface area contributed by atoms with Gasteiger partial charge in [-0.1, -0.05) is 19.0 Å². The molecule has 2 aromatic rings. The van der Waals surface area contributed by atoms with Gasteiger partial charge in [-0.3, -0.25) is 4.79 Å². The van der Waals surface area contributed by atoms with Gasteiger partial charge in [-0.15, -0.1) is 0 Å². The highest BCUT2D eigenvalue weighted by Gasteiger charge is 2.14. The molecule has 166 valence electrons. The van der Waals surface area contributed by atoms with Crippen molar-refractivity contribution >= 4 is 11.6 Å². The number of nitrogens with one attached hydrogen (secondary N) is 1. The highest BCUT2D eigenvalue weighted by molar-refractivity contribution is 6.00. The lowest BCUT2D eigenvalue weighted by Gasteiger charge is -2.22. The molecule has 0 atom stereocenters. The average Bonchev–Trinajstić information content (AvgIpc) is 2.83. The molecule has 31 heavy (non-hydrogen) atoms. The molecule has 8 nitrogen and oxygen atoms in total. The molecule has 0 spiro atoms. The standard InChI is InChI=1S/C23H30N4O4/c1-3-17-13-25-23(26-14-17)31-27-21(4-2)19-5-7-20(8-6-19)30-16-22(28)24-15-18-9-11-29-12-10-18/h5-8,13-14,18H,3-4,9-12,15-16H2,1-2H3,(H,24,28)/b27-21-. The zero-order valence-electron chi connectivity index (χ0n) is 18.2. The molecule has 0 saturated carbocycles. The molecule has 1 aromatic heterocycles. The molecule has 1 fully saturated rings. The first kappa shape index (κ1) is 22.7.